The third kappa shape index (κ3) is 3.59. The van der Waals surface area contributed by atoms with Gasteiger partial charge in [-0.15, -0.1) is 0 Å². The second-order valence-electron chi connectivity index (χ2n) is 5.20. The molecule has 0 aromatic heterocycles. The first-order valence-electron chi connectivity index (χ1n) is 6.66. The van der Waals surface area contributed by atoms with Crippen LogP contribution >= 0.6 is 0 Å². The second-order valence-corrected chi connectivity index (χ2v) is 5.20. The Labute approximate surface area is 112 Å². The van der Waals surface area contributed by atoms with Gasteiger partial charge in [0.2, 0.25) is 11.8 Å². The van der Waals surface area contributed by atoms with E-state index in [0.717, 1.165) is 13.0 Å². The summed E-state index contributed by atoms with van der Waals surface area (Å²) in [6, 6.07) is -0.802. The number of urea groups is 1. The minimum Gasteiger partial charge on any atom is -0.354 e. The number of nitrogens with zero attached hydrogens (tertiary/aromatic N) is 1. The molecule has 2 aliphatic rings. The van der Waals surface area contributed by atoms with Crippen LogP contribution in [0.25, 0.3) is 0 Å². The number of amides is 4. The van der Waals surface area contributed by atoms with E-state index in [1.807, 2.05) is 11.8 Å². The summed E-state index contributed by atoms with van der Waals surface area (Å²) in [5.74, 6) is 0.222. The van der Waals surface area contributed by atoms with Crippen LogP contribution < -0.4 is 16.0 Å². The van der Waals surface area contributed by atoms with Gasteiger partial charge >= 0.3 is 6.03 Å². The third-order valence-corrected chi connectivity index (χ3v) is 3.42. The zero-order chi connectivity index (χ0) is 13.8. The van der Waals surface area contributed by atoms with Gasteiger partial charge in [-0.3, -0.25) is 9.59 Å². The summed E-state index contributed by atoms with van der Waals surface area (Å²) >= 11 is 0. The third-order valence-electron chi connectivity index (χ3n) is 3.42. The first kappa shape index (κ1) is 13.6. The summed E-state index contributed by atoms with van der Waals surface area (Å²) in [6.07, 6.45) is 1.57. The van der Waals surface area contributed by atoms with Crippen molar-refractivity contribution in [2.45, 2.75) is 25.8 Å². The normalized spacial score (nSPS) is 24.1. The number of carbonyl (C=O) groups is 3. The molecule has 0 saturated carbocycles. The van der Waals surface area contributed by atoms with Crippen molar-refractivity contribution in [1.82, 2.24) is 20.9 Å². The molecule has 0 aliphatic carbocycles. The maximum atomic E-state index is 11.8. The van der Waals surface area contributed by atoms with Crippen LogP contribution in [-0.2, 0) is 9.59 Å². The summed E-state index contributed by atoms with van der Waals surface area (Å²) in [7, 11) is 0. The van der Waals surface area contributed by atoms with Crippen molar-refractivity contribution in [2.24, 2.45) is 5.92 Å². The van der Waals surface area contributed by atoms with Crippen LogP contribution in [0.3, 0.4) is 0 Å². The van der Waals surface area contributed by atoms with E-state index in [2.05, 4.69) is 16.0 Å². The lowest BCUT2D eigenvalue weighted by Crippen LogP contribution is -2.45. The van der Waals surface area contributed by atoms with Gasteiger partial charge in [-0.05, 0) is 12.3 Å². The van der Waals surface area contributed by atoms with Gasteiger partial charge in [-0.25, -0.2) is 4.79 Å². The van der Waals surface area contributed by atoms with E-state index < -0.39 is 6.04 Å². The van der Waals surface area contributed by atoms with Crippen LogP contribution in [0.15, 0.2) is 0 Å². The van der Waals surface area contributed by atoms with Crippen LogP contribution in [0.5, 0.6) is 0 Å². The highest BCUT2D eigenvalue weighted by molar-refractivity contribution is 5.90. The Bertz CT molecular complexity index is 385. The van der Waals surface area contributed by atoms with Crippen LogP contribution in [0, 0.1) is 5.92 Å². The molecule has 3 N–H and O–H groups in total. The Morgan fingerprint density at radius 2 is 2.32 bits per heavy atom. The van der Waals surface area contributed by atoms with E-state index in [4.69, 9.17) is 0 Å². The Kier molecular flexibility index (Phi) is 4.24. The second kappa shape index (κ2) is 5.90. The molecular formula is C12H20N4O3. The molecule has 2 atom stereocenters. The molecule has 0 spiro atoms. The minimum absolute atomic E-state index is 0.182. The van der Waals surface area contributed by atoms with Crippen LogP contribution in [-0.4, -0.2) is 55.0 Å². The predicted molar refractivity (Wildman–Crippen MR) is 68.3 cm³/mol. The largest absolute Gasteiger partial charge is 0.354 e. The maximum absolute atomic E-state index is 11.8. The summed E-state index contributed by atoms with van der Waals surface area (Å²) in [4.78, 5) is 36.0. The predicted octanol–water partition coefficient (Wildman–Crippen LogP) is -0.957. The van der Waals surface area contributed by atoms with Crippen LogP contribution in [0.4, 0.5) is 4.79 Å². The Morgan fingerprint density at radius 1 is 1.53 bits per heavy atom. The molecule has 4 amide bonds. The number of hydrogen-bond donors (Lipinski definition) is 3. The minimum atomic E-state index is -0.492. The molecule has 7 nitrogen and oxygen atoms in total. The molecule has 2 aliphatic heterocycles. The highest BCUT2D eigenvalue weighted by Crippen LogP contribution is 2.11. The van der Waals surface area contributed by atoms with Crippen molar-refractivity contribution in [3.8, 4) is 0 Å². The number of carbonyl (C=O) groups excluding carboxylic acids is 3. The van der Waals surface area contributed by atoms with Crippen LogP contribution in [0.1, 0.15) is 19.8 Å². The monoisotopic (exact) mass is 268 g/mol. The molecule has 2 rings (SSSR count). The molecule has 2 saturated heterocycles. The van der Waals surface area contributed by atoms with Crippen molar-refractivity contribution in [3.63, 3.8) is 0 Å². The molecule has 0 unspecified atom stereocenters. The van der Waals surface area contributed by atoms with Gasteiger partial charge in [0.25, 0.3) is 0 Å². The lowest BCUT2D eigenvalue weighted by molar-refractivity contribution is -0.128. The first-order valence-corrected chi connectivity index (χ1v) is 6.66. The van der Waals surface area contributed by atoms with Crippen molar-refractivity contribution >= 4 is 17.8 Å². The van der Waals surface area contributed by atoms with Gasteiger partial charge in [-0.2, -0.15) is 0 Å². The maximum Gasteiger partial charge on any atom is 0.315 e. The molecule has 0 aromatic carbocycles. The fraction of sp³-hybridized carbons (Fsp3) is 0.750. The van der Waals surface area contributed by atoms with E-state index in [1.165, 1.54) is 0 Å². The van der Waals surface area contributed by atoms with Crippen molar-refractivity contribution in [2.75, 3.05) is 26.2 Å². The van der Waals surface area contributed by atoms with E-state index in [1.54, 1.807) is 0 Å². The van der Waals surface area contributed by atoms with E-state index in [0.29, 0.717) is 26.1 Å². The molecule has 0 aromatic rings. The summed E-state index contributed by atoms with van der Waals surface area (Å²) < 4.78 is 0. The highest BCUT2D eigenvalue weighted by Gasteiger charge is 2.27. The number of hydrogen-bond acceptors (Lipinski definition) is 3. The smallest absolute Gasteiger partial charge is 0.315 e. The SMILES string of the molecule is C[C@H](CNC(=O)[C@H]1CNC(=O)N1)CN1CCCC1=O. The van der Waals surface area contributed by atoms with Crippen molar-refractivity contribution < 1.29 is 14.4 Å². The molecule has 19 heavy (non-hydrogen) atoms. The van der Waals surface area contributed by atoms with E-state index in [-0.39, 0.29) is 23.8 Å². The summed E-state index contributed by atoms with van der Waals surface area (Å²) in [5, 5.41) is 7.87. The number of rotatable bonds is 5. The van der Waals surface area contributed by atoms with Gasteiger partial charge < -0.3 is 20.9 Å². The number of likely N-dealkylation sites (tertiary alicyclic amines) is 1. The van der Waals surface area contributed by atoms with E-state index in [9.17, 15) is 14.4 Å². The fourth-order valence-electron chi connectivity index (χ4n) is 2.35. The lowest BCUT2D eigenvalue weighted by Gasteiger charge is -2.21. The molecule has 2 heterocycles. The zero-order valence-electron chi connectivity index (χ0n) is 11.1. The van der Waals surface area contributed by atoms with Crippen molar-refractivity contribution in [3.05, 3.63) is 0 Å². The van der Waals surface area contributed by atoms with Gasteiger partial charge in [0.15, 0.2) is 0 Å². The standard InChI is InChI=1S/C12H20N4O3/c1-8(7-16-4-2-3-10(16)17)5-13-11(18)9-6-14-12(19)15-9/h8-9H,2-7H2,1H3,(H,13,18)(H2,14,15,19)/t8-,9-/m1/s1. The zero-order valence-corrected chi connectivity index (χ0v) is 11.1. The fourth-order valence-corrected chi connectivity index (χ4v) is 2.35. The molecule has 0 radical (unpaired) electrons. The Balaban J connectivity index is 1.68. The Hall–Kier alpha value is -1.79. The lowest BCUT2D eigenvalue weighted by atomic mass is 10.1. The average Bonchev–Trinajstić information content (AvgIpc) is 2.96. The molecular weight excluding hydrogens is 248 g/mol. The quantitative estimate of drug-likeness (QED) is 0.600. The van der Waals surface area contributed by atoms with Gasteiger partial charge in [-0.1, -0.05) is 6.92 Å². The number of nitrogens with one attached hydrogen (secondary N) is 3. The van der Waals surface area contributed by atoms with Crippen LogP contribution in [0.2, 0.25) is 0 Å². The van der Waals surface area contributed by atoms with Gasteiger partial charge in [0, 0.05) is 32.6 Å². The molecule has 0 bridgehead atoms. The summed E-state index contributed by atoms with van der Waals surface area (Å²) in [6.45, 7) is 4.32. The first-order chi connectivity index (χ1) is 9.06. The van der Waals surface area contributed by atoms with Crippen molar-refractivity contribution in [1.29, 1.82) is 0 Å². The van der Waals surface area contributed by atoms with Gasteiger partial charge in [0.05, 0.1) is 0 Å². The molecule has 106 valence electrons. The Morgan fingerprint density at radius 3 is 2.89 bits per heavy atom. The average molecular weight is 268 g/mol. The molecule has 2 fully saturated rings. The highest BCUT2D eigenvalue weighted by atomic mass is 16.2. The van der Waals surface area contributed by atoms with E-state index >= 15 is 0 Å². The van der Waals surface area contributed by atoms with Gasteiger partial charge in [0.1, 0.15) is 6.04 Å². The topological polar surface area (TPSA) is 90.5 Å². The molecule has 7 heteroatoms. The summed E-state index contributed by atoms with van der Waals surface area (Å²) in [5.41, 5.74) is 0.